The first-order valence-corrected chi connectivity index (χ1v) is 7.04. The fourth-order valence-corrected chi connectivity index (χ4v) is 2.01. The summed E-state index contributed by atoms with van der Waals surface area (Å²) in [6.45, 7) is 1.16. The van der Waals surface area contributed by atoms with Crippen molar-refractivity contribution in [2.75, 3.05) is 14.2 Å². The Hall–Kier alpha value is -1.83. The van der Waals surface area contributed by atoms with Crippen LogP contribution in [0.5, 0.6) is 5.75 Å². The molecular formula is C17H21FIN3O. The van der Waals surface area contributed by atoms with Crippen LogP contribution in [0.4, 0.5) is 4.39 Å². The molecule has 0 aliphatic heterocycles. The van der Waals surface area contributed by atoms with Gasteiger partial charge in [-0.2, -0.15) is 0 Å². The fraction of sp³-hybridized carbons (Fsp3) is 0.235. The third-order valence-corrected chi connectivity index (χ3v) is 3.20. The Balaban J connectivity index is 0.00000264. The minimum atomic E-state index is -0.367. The fourth-order valence-electron chi connectivity index (χ4n) is 2.01. The number of benzene rings is 2. The third-order valence-electron chi connectivity index (χ3n) is 3.20. The quantitative estimate of drug-likeness (QED) is 0.436. The van der Waals surface area contributed by atoms with Crippen LogP contribution in [0.2, 0.25) is 0 Å². The Morgan fingerprint density at radius 2 is 1.70 bits per heavy atom. The highest BCUT2D eigenvalue weighted by molar-refractivity contribution is 14.0. The highest BCUT2D eigenvalue weighted by Gasteiger charge is 2.04. The zero-order valence-electron chi connectivity index (χ0n) is 13.2. The molecule has 0 heterocycles. The van der Waals surface area contributed by atoms with Gasteiger partial charge in [0.2, 0.25) is 0 Å². The Morgan fingerprint density at radius 1 is 1.04 bits per heavy atom. The van der Waals surface area contributed by atoms with Crippen molar-refractivity contribution >= 4 is 29.9 Å². The van der Waals surface area contributed by atoms with E-state index in [4.69, 9.17) is 4.74 Å². The van der Waals surface area contributed by atoms with Crippen LogP contribution in [0, 0.1) is 5.82 Å². The van der Waals surface area contributed by atoms with Crippen LogP contribution < -0.4 is 15.4 Å². The Labute approximate surface area is 153 Å². The topological polar surface area (TPSA) is 45.7 Å². The number of halogens is 2. The molecule has 2 rings (SSSR count). The molecule has 4 nitrogen and oxygen atoms in total. The van der Waals surface area contributed by atoms with Crippen LogP contribution in [0.15, 0.2) is 53.5 Å². The second-order valence-electron chi connectivity index (χ2n) is 4.73. The van der Waals surface area contributed by atoms with Gasteiger partial charge in [-0.25, -0.2) is 4.39 Å². The molecule has 0 unspecified atom stereocenters. The van der Waals surface area contributed by atoms with Crippen LogP contribution in [0.25, 0.3) is 0 Å². The molecule has 124 valence electrons. The monoisotopic (exact) mass is 429 g/mol. The van der Waals surface area contributed by atoms with Crippen LogP contribution >= 0.6 is 24.0 Å². The van der Waals surface area contributed by atoms with Gasteiger partial charge >= 0.3 is 0 Å². The number of rotatable bonds is 5. The van der Waals surface area contributed by atoms with E-state index in [1.54, 1.807) is 13.1 Å². The highest BCUT2D eigenvalue weighted by atomic mass is 127. The Kier molecular flexibility index (Phi) is 8.39. The first kappa shape index (κ1) is 19.2. The van der Waals surface area contributed by atoms with Gasteiger partial charge in [0.25, 0.3) is 0 Å². The van der Waals surface area contributed by atoms with Crippen molar-refractivity contribution in [3.8, 4) is 5.75 Å². The summed E-state index contributed by atoms with van der Waals surface area (Å²) >= 11 is 0. The highest BCUT2D eigenvalue weighted by Crippen LogP contribution is 2.17. The standard InChI is InChI=1S/C17H20FN3O.HI/c1-19-17(20-11-13-6-4-3-5-7-13)21-12-14-8-9-16(22-2)15(18)10-14;/h3-10H,11-12H2,1-2H3,(H2,19,20,21);1H. The maximum Gasteiger partial charge on any atom is 0.191 e. The third kappa shape index (κ3) is 6.05. The van der Waals surface area contributed by atoms with E-state index in [0.29, 0.717) is 19.0 Å². The number of methoxy groups -OCH3 is 1. The minimum absolute atomic E-state index is 0. The van der Waals surface area contributed by atoms with E-state index < -0.39 is 0 Å². The molecule has 0 aromatic heterocycles. The summed E-state index contributed by atoms with van der Waals surface area (Å²) in [7, 11) is 3.15. The van der Waals surface area contributed by atoms with Crippen molar-refractivity contribution in [2.24, 2.45) is 4.99 Å². The molecular weight excluding hydrogens is 408 g/mol. The van der Waals surface area contributed by atoms with Crippen molar-refractivity contribution in [1.29, 1.82) is 0 Å². The van der Waals surface area contributed by atoms with Gasteiger partial charge in [0.1, 0.15) is 0 Å². The maximum atomic E-state index is 13.6. The number of hydrogen-bond donors (Lipinski definition) is 2. The summed E-state index contributed by atoms with van der Waals surface area (Å²) in [5, 5.41) is 6.37. The molecule has 2 aromatic rings. The van der Waals surface area contributed by atoms with Gasteiger partial charge in [-0.15, -0.1) is 24.0 Å². The van der Waals surface area contributed by atoms with Gasteiger partial charge in [-0.05, 0) is 23.3 Å². The molecule has 6 heteroatoms. The van der Waals surface area contributed by atoms with Gasteiger partial charge in [-0.1, -0.05) is 36.4 Å². The van der Waals surface area contributed by atoms with Crippen molar-refractivity contribution < 1.29 is 9.13 Å². The molecule has 2 aromatic carbocycles. The Morgan fingerprint density at radius 3 is 2.26 bits per heavy atom. The molecule has 0 aliphatic rings. The van der Waals surface area contributed by atoms with E-state index in [0.717, 1.165) is 5.56 Å². The second-order valence-corrected chi connectivity index (χ2v) is 4.73. The molecule has 0 fully saturated rings. The number of hydrogen-bond acceptors (Lipinski definition) is 2. The van der Waals surface area contributed by atoms with Crippen LogP contribution in [-0.2, 0) is 13.1 Å². The van der Waals surface area contributed by atoms with Crippen molar-refractivity contribution in [3.63, 3.8) is 0 Å². The van der Waals surface area contributed by atoms with Crippen LogP contribution in [0.1, 0.15) is 11.1 Å². The maximum absolute atomic E-state index is 13.6. The van der Waals surface area contributed by atoms with E-state index in [1.807, 2.05) is 36.4 Å². The normalized spacial score (nSPS) is 10.7. The molecule has 0 spiro atoms. The lowest BCUT2D eigenvalue weighted by Gasteiger charge is -2.12. The van der Waals surface area contributed by atoms with E-state index in [1.165, 1.54) is 18.7 Å². The summed E-state index contributed by atoms with van der Waals surface area (Å²) in [5.41, 5.74) is 1.99. The average Bonchev–Trinajstić information content (AvgIpc) is 2.56. The smallest absolute Gasteiger partial charge is 0.191 e. The number of ether oxygens (including phenoxy) is 1. The molecule has 0 saturated heterocycles. The summed E-state index contributed by atoms with van der Waals surface area (Å²) in [6.07, 6.45) is 0. The van der Waals surface area contributed by atoms with Gasteiger partial charge in [0.05, 0.1) is 7.11 Å². The largest absolute Gasteiger partial charge is 0.494 e. The van der Waals surface area contributed by atoms with Gasteiger partial charge in [0.15, 0.2) is 17.5 Å². The molecule has 0 saturated carbocycles. The zero-order chi connectivity index (χ0) is 15.8. The second kappa shape index (κ2) is 10.0. The lowest BCUT2D eigenvalue weighted by atomic mass is 10.2. The van der Waals surface area contributed by atoms with Crippen molar-refractivity contribution in [2.45, 2.75) is 13.1 Å². The predicted octanol–water partition coefficient (Wildman–Crippen LogP) is 3.32. The first-order chi connectivity index (χ1) is 10.7. The summed E-state index contributed by atoms with van der Waals surface area (Å²) in [5.74, 6) is 0.546. The van der Waals surface area contributed by atoms with Gasteiger partial charge in [-0.3, -0.25) is 4.99 Å². The van der Waals surface area contributed by atoms with Crippen molar-refractivity contribution in [1.82, 2.24) is 10.6 Å². The number of nitrogens with zero attached hydrogens (tertiary/aromatic N) is 1. The molecule has 0 radical (unpaired) electrons. The summed E-state index contributed by atoms with van der Waals surface area (Å²) < 4.78 is 18.5. The van der Waals surface area contributed by atoms with Crippen LogP contribution in [0.3, 0.4) is 0 Å². The molecule has 0 atom stereocenters. The predicted molar refractivity (Wildman–Crippen MR) is 102 cm³/mol. The molecule has 0 amide bonds. The van der Waals surface area contributed by atoms with E-state index in [-0.39, 0.29) is 35.5 Å². The average molecular weight is 429 g/mol. The first-order valence-electron chi connectivity index (χ1n) is 7.04. The minimum Gasteiger partial charge on any atom is -0.494 e. The molecule has 0 bridgehead atoms. The Bertz CT molecular complexity index is 635. The summed E-state index contributed by atoms with van der Waals surface area (Å²) in [4.78, 5) is 4.15. The molecule has 23 heavy (non-hydrogen) atoms. The lowest BCUT2D eigenvalue weighted by molar-refractivity contribution is 0.386. The SMILES string of the molecule is CN=C(NCc1ccccc1)NCc1ccc(OC)c(F)c1.I. The van der Waals surface area contributed by atoms with E-state index >= 15 is 0 Å². The van der Waals surface area contributed by atoms with Crippen molar-refractivity contribution in [3.05, 3.63) is 65.5 Å². The van der Waals surface area contributed by atoms with Gasteiger partial charge in [0, 0.05) is 20.1 Å². The van der Waals surface area contributed by atoms with E-state index in [9.17, 15) is 4.39 Å². The molecule has 2 N–H and O–H groups in total. The van der Waals surface area contributed by atoms with E-state index in [2.05, 4.69) is 15.6 Å². The summed E-state index contributed by atoms with van der Waals surface area (Å²) in [6, 6.07) is 14.9. The van der Waals surface area contributed by atoms with Crippen LogP contribution in [-0.4, -0.2) is 20.1 Å². The number of nitrogens with one attached hydrogen (secondary N) is 2. The lowest BCUT2D eigenvalue weighted by Crippen LogP contribution is -2.36. The number of aliphatic imine (C=N–C) groups is 1. The number of guanidine groups is 1. The van der Waals surface area contributed by atoms with Gasteiger partial charge < -0.3 is 15.4 Å². The molecule has 0 aliphatic carbocycles. The zero-order valence-corrected chi connectivity index (χ0v) is 15.5.